The van der Waals surface area contributed by atoms with E-state index < -0.39 is 0 Å². The molecule has 0 saturated heterocycles. The summed E-state index contributed by atoms with van der Waals surface area (Å²) in [5.74, 6) is 0. The number of aliphatic hydroxyl groups is 1. The predicted molar refractivity (Wildman–Crippen MR) is 70.8 cm³/mol. The van der Waals surface area contributed by atoms with Crippen molar-refractivity contribution >= 4 is 0 Å². The molecule has 0 radical (unpaired) electrons. The highest BCUT2D eigenvalue weighted by molar-refractivity contribution is 4.84. The molecule has 98 valence electrons. The maximum Gasteiger partial charge on any atom is 0.0613 e. The zero-order valence-corrected chi connectivity index (χ0v) is 11.6. The minimum atomic E-state index is -0.0639. The highest BCUT2D eigenvalue weighted by atomic mass is 16.3. The lowest BCUT2D eigenvalue weighted by Crippen LogP contribution is -2.46. The summed E-state index contributed by atoms with van der Waals surface area (Å²) in [6, 6.07) is 0. The molecule has 1 atom stereocenters. The number of nitrogens with one attached hydrogen (secondary N) is 1. The fraction of sp³-hybridized carbons (Fsp3) is 1.00. The van der Waals surface area contributed by atoms with Crippen molar-refractivity contribution < 1.29 is 5.11 Å². The molecule has 0 aromatic carbocycles. The molecule has 2 N–H and O–H groups in total. The SMILES string of the molecule is CCCN(CC)CCCC(CC)(CO)NC. The van der Waals surface area contributed by atoms with E-state index in [0.717, 1.165) is 32.4 Å². The largest absolute Gasteiger partial charge is 0.394 e. The Hall–Kier alpha value is -0.120. The molecule has 0 aliphatic heterocycles. The second kappa shape index (κ2) is 8.97. The standard InChI is InChI=1S/C13H30N2O/c1-5-10-15(7-3)11-8-9-13(6-2,12-16)14-4/h14,16H,5-12H2,1-4H3. The average Bonchev–Trinajstić information content (AvgIpc) is 2.34. The van der Waals surface area contributed by atoms with Crippen LogP contribution in [0.3, 0.4) is 0 Å². The van der Waals surface area contributed by atoms with Gasteiger partial charge < -0.3 is 15.3 Å². The zero-order valence-electron chi connectivity index (χ0n) is 11.6. The quantitative estimate of drug-likeness (QED) is 0.601. The molecule has 0 bridgehead atoms. The topological polar surface area (TPSA) is 35.5 Å². The van der Waals surface area contributed by atoms with Crippen molar-refractivity contribution in [1.29, 1.82) is 0 Å². The molecule has 1 unspecified atom stereocenters. The molecule has 0 aromatic heterocycles. The van der Waals surface area contributed by atoms with Gasteiger partial charge in [-0.05, 0) is 52.4 Å². The molecule has 0 aliphatic rings. The molecule has 3 heteroatoms. The highest BCUT2D eigenvalue weighted by Gasteiger charge is 2.24. The summed E-state index contributed by atoms with van der Waals surface area (Å²) in [6.07, 6.45) is 4.42. The molecule has 3 nitrogen and oxygen atoms in total. The van der Waals surface area contributed by atoms with Crippen LogP contribution < -0.4 is 5.32 Å². The van der Waals surface area contributed by atoms with E-state index in [-0.39, 0.29) is 12.1 Å². The number of nitrogens with zero attached hydrogens (tertiary/aromatic N) is 1. The van der Waals surface area contributed by atoms with Gasteiger partial charge in [-0.15, -0.1) is 0 Å². The van der Waals surface area contributed by atoms with Gasteiger partial charge in [-0.3, -0.25) is 0 Å². The Labute approximate surface area is 101 Å². The van der Waals surface area contributed by atoms with E-state index in [2.05, 4.69) is 31.0 Å². The summed E-state index contributed by atoms with van der Waals surface area (Å²) in [5.41, 5.74) is -0.0639. The summed E-state index contributed by atoms with van der Waals surface area (Å²) in [5, 5.41) is 12.7. The van der Waals surface area contributed by atoms with E-state index >= 15 is 0 Å². The van der Waals surface area contributed by atoms with Gasteiger partial charge in [0, 0.05) is 5.54 Å². The Morgan fingerprint density at radius 1 is 1.19 bits per heavy atom. The predicted octanol–water partition coefficient (Wildman–Crippen LogP) is 1.86. The number of rotatable bonds is 10. The third kappa shape index (κ3) is 5.28. The van der Waals surface area contributed by atoms with Crippen LogP contribution in [-0.2, 0) is 0 Å². The van der Waals surface area contributed by atoms with E-state index in [1.54, 1.807) is 0 Å². The van der Waals surface area contributed by atoms with Crippen LogP contribution in [0.1, 0.15) is 46.5 Å². The molecule has 0 rings (SSSR count). The van der Waals surface area contributed by atoms with Crippen molar-refractivity contribution in [3.63, 3.8) is 0 Å². The Kier molecular flexibility index (Phi) is 8.90. The van der Waals surface area contributed by atoms with Crippen LogP contribution in [0.4, 0.5) is 0 Å². The van der Waals surface area contributed by atoms with E-state index in [1.807, 2.05) is 7.05 Å². The lowest BCUT2D eigenvalue weighted by atomic mass is 9.91. The fourth-order valence-corrected chi connectivity index (χ4v) is 2.13. The van der Waals surface area contributed by atoms with Crippen LogP contribution in [0.25, 0.3) is 0 Å². The van der Waals surface area contributed by atoms with Crippen molar-refractivity contribution in [1.82, 2.24) is 10.2 Å². The first-order chi connectivity index (χ1) is 7.67. The molecule has 0 aromatic rings. The first-order valence-corrected chi connectivity index (χ1v) is 6.70. The van der Waals surface area contributed by atoms with Crippen LogP contribution in [-0.4, -0.2) is 48.8 Å². The molecule has 0 saturated carbocycles. The van der Waals surface area contributed by atoms with Gasteiger partial charge in [-0.25, -0.2) is 0 Å². The van der Waals surface area contributed by atoms with E-state index in [0.29, 0.717) is 0 Å². The van der Waals surface area contributed by atoms with Crippen molar-refractivity contribution in [2.75, 3.05) is 33.3 Å². The zero-order chi connectivity index (χ0) is 12.4. The molecule has 0 aliphatic carbocycles. The first-order valence-electron chi connectivity index (χ1n) is 6.70. The van der Waals surface area contributed by atoms with Crippen LogP contribution in [0.15, 0.2) is 0 Å². The van der Waals surface area contributed by atoms with Gasteiger partial charge in [-0.2, -0.15) is 0 Å². The second-order valence-corrected chi connectivity index (χ2v) is 4.58. The summed E-state index contributed by atoms with van der Waals surface area (Å²) < 4.78 is 0. The number of aliphatic hydroxyl groups excluding tert-OH is 1. The summed E-state index contributed by atoms with van der Waals surface area (Å²) in [4.78, 5) is 2.48. The fourth-order valence-electron chi connectivity index (χ4n) is 2.13. The molecular formula is C13H30N2O. The molecule has 0 spiro atoms. The number of hydrogen-bond acceptors (Lipinski definition) is 3. The van der Waals surface area contributed by atoms with Crippen molar-refractivity contribution in [2.24, 2.45) is 0 Å². The van der Waals surface area contributed by atoms with Gasteiger partial charge >= 0.3 is 0 Å². The third-order valence-corrected chi connectivity index (χ3v) is 3.63. The Morgan fingerprint density at radius 3 is 2.25 bits per heavy atom. The normalized spacial score (nSPS) is 15.4. The smallest absolute Gasteiger partial charge is 0.0613 e. The van der Waals surface area contributed by atoms with Crippen LogP contribution in [0, 0.1) is 0 Å². The van der Waals surface area contributed by atoms with Gasteiger partial charge in [0.1, 0.15) is 0 Å². The lowest BCUT2D eigenvalue weighted by molar-refractivity contribution is 0.146. The minimum Gasteiger partial charge on any atom is -0.394 e. The maximum atomic E-state index is 9.43. The van der Waals surface area contributed by atoms with Gasteiger partial charge in [0.25, 0.3) is 0 Å². The minimum absolute atomic E-state index is 0.0639. The first kappa shape index (κ1) is 15.9. The third-order valence-electron chi connectivity index (χ3n) is 3.63. The molecule has 0 amide bonds. The van der Waals surface area contributed by atoms with Crippen molar-refractivity contribution in [3.8, 4) is 0 Å². The van der Waals surface area contributed by atoms with E-state index in [9.17, 15) is 5.11 Å². The van der Waals surface area contributed by atoms with Crippen molar-refractivity contribution in [2.45, 2.75) is 52.0 Å². The average molecular weight is 230 g/mol. The van der Waals surface area contributed by atoms with Crippen LogP contribution in [0.2, 0.25) is 0 Å². The lowest BCUT2D eigenvalue weighted by Gasteiger charge is -2.31. The number of hydrogen-bond donors (Lipinski definition) is 2. The van der Waals surface area contributed by atoms with E-state index in [1.165, 1.54) is 13.0 Å². The number of likely N-dealkylation sites (N-methyl/N-ethyl adjacent to an activating group) is 1. The van der Waals surface area contributed by atoms with E-state index in [4.69, 9.17) is 0 Å². The summed E-state index contributed by atoms with van der Waals surface area (Å²) in [6.45, 7) is 10.3. The van der Waals surface area contributed by atoms with Gasteiger partial charge in [0.2, 0.25) is 0 Å². The monoisotopic (exact) mass is 230 g/mol. The maximum absolute atomic E-state index is 9.43. The second-order valence-electron chi connectivity index (χ2n) is 4.58. The van der Waals surface area contributed by atoms with Gasteiger partial charge in [0.05, 0.1) is 6.61 Å². The van der Waals surface area contributed by atoms with Crippen LogP contribution in [0.5, 0.6) is 0 Å². The molecular weight excluding hydrogens is 200 g/mol. The Morgan fingerprint density at radius 2 is 1.88 bits per heavy atom. The molecule has 16 heavy (non-hydrogen) atoms. The summed E-state index contributed by atoms with van der Waals surface area (Å²) >= 11 is 0. The van der Waals surface area contributed by atoms with Gasteiger partial charge in [-0.1, -0.05) is 20.8 Å². The summed E-state index contributed by atoms with van der Waals surface area (Å²) in [7, 11) is 1.95. The Balaban J connectivity index is 3.92. The van der Waals surface area contributed by atoms with Crippen LogP contribution >= 0.6 is 0 Å². The van der Waals surface area contributed by atoms with Gasteiger partial charge in [0.15, 0.2) is 0 Å². The molecule has 0 fully saturated rings. The Bertz CT molecular complexity index is 150. The van der Waals surface area contributed by atoms with Crippen molar-refractivity contribution in [3.05, 3.63) is 0 Å². The molecule has 0 heterocycles. The highest BCUT2D eigenvalue weighted by Crippen LogP contribution is 2.16.